The van der Waals surface area contributed by atoms with Crippen LogP contribution in [0, 0.1) is 0 Å². The number of carbonyl (C=O) groups is 1. The highest BCUT2D eigenvalue weighted by molar-refractivity contribution is 5.92. The van der Waals surface area contributed by atoms with E-state index in [0.29, 0.717) is 11.5 Å². The van der Waals surface area contributed by atoms with Crippen molar-refractivity contribution in [2.24, 2.45) is 0 Å². The maximum absolute atomic E-state index is 11.9. The Morgan fingerprint density at radius 3 is 2.29 bits per heavy atom. The minimum absolute atomic E-state index is 0.139. The van der Waals surface area contributed by atoms with Crippen molar-refractivity contribution in [1.29, 1.82) is 0 Å². The van der Waals surface area contributed by atoms with Crippen molar-refractivity contribution in [2.45, 2.75) is 26.2 Å². The van der Waals surface area contributed by atoms with Gasteiger partial charge in [-0.05, 0) is 41.3 Å². The van der Waals surface area contributed by atoms with Crippen molar-refractivity contribution in [3.8, 4) is 11.5 Å². The van der Waals surface area contributed by atoms with Crippen molar-refractivity contribution in [1.82, 2.24) is 0 Å². The van der Waals surface area contributed by atoms with Crippen LogP contribution in [-0.2, 0) is 11.2 Å². The molecule has 0 heterocycles. The molecule has 21 heavy (non-hydrogen) atoms. The lowest BCUT2D eigenvalue weighted by molar-refractivity contribution is -0.115. The van der Waals surface area contributed by atoms with Gasteiger partial charge in [0.15, 0.2) is 11.5 Å². The smallest absolute Gasteiger partial charge is 0.228 e. The van der Waals surface area contributed by atoms with Gasteiger partial charge in [-0.2, -0.15) is 0 Å². The Balaban J connectivity index is 1.99. The molecule has 2 aromatic carbocycles. The lowest BCUT2D eigenvalue weighted by atomic mass is 10.0. The van der Waals surface area contributed by atoms with Crippen LogP contribution in [0.5, 0.6) is 11.5 Å². The molecular formula is C17H19NO3. The van der Waals surface area contributed by atoms with Crippen LogP contribution in [0.15, 0.2) is 42.5 Å². The molecule has 0 unspecified atom stereocenters. The van der Waals surface area contributed by atoms with Crippen LogP contribution in [0.2, 0.25) is 0 Å². The number of amides is 1. The van der Waals surface area contributed by atoms with Crippen LogP contribution in [-0.4, -0.2) is 16.1 Å². The zero-order valence-corrected chi connectivity index (χ0v) is 12.1. The molecule has 0 aliphatic rings. The van der Waals surface area contributed by atoms with Gasteiger partial charge < -0.3 is 15.5 Å². The third-order valence-electron chi connectivity index (χ3n) is 3.27. The second-order valence-electron chi connectivity index (χ2n) is 5.32. The number of aromatic hydroxyl groups is 2. The average molecular weight is 285 g/mol. The second kappa shape index (κ2) is 6.31. The van der Waals surface area contributed by atoms with Crippen molar-refractivity contribution in [2.75, 3.05) is 5.32 Å². The van der Waals surface area contributed by atoms with Crippen molar-refractivity contribution in [3.05, 3.63) is 53.6 Å². The summed E-state index contributed by atoms with van der Waals surface area (Å²) in [6.07, 6.45) is 0.139. The van der Waals surface area contributed by atoms with E-state index in [1.165, 1.54) is 17.7 Å². The number of phenols is 2. The summed E-state index contributed by atoms with van der Waals surface area (Å²) in [6.45, 7) is 4.23. The van der Waals surface area contributed by atoms with Crippen LogP contribution in [0.25, 0.3) is 0 Å². The van der Waals surface area contributed by atoms with Gasteiger partial charge in [0, 0.05) is 5.69 Å². The topological polar surface area (TPSA) is 69.6 Å². The molecule has 4 nitrogen and oxygen atoms in total. The van der Waals surface area contributed by atoms with Crippen LogP contribution < -0.4 is 5.32 Å². The van der Waals surface area contributed by atoms with E-state index < -0.39 is 0 Å². The van der Waals surface area contributed by atoms with Crippen LogP contribution >= 0.6 is 0 Å². The van der Waals surface area contributed by atoms with Gasteiger partial charge in [0.25, 0.3) is 0 Å². The maximum Gasteiger partial charge on any atom is 0.228 e. The molecule has 0 radical (unpaired) electrons. The maximum atomic E-state index is 11.9. The van der Waals surface area contributed by atoms with E-state index in [1.807, 2.05) is 24.3 Å². The highest BCUT2D eigenvalue weighted by Gasteiger charge is 2.07. The Bertz CT molecular complexity index is 633. The molecule has 0 spiro atoms. The van der Waals surface area contributed by atoms with Gasteiger partial charge in [-0.25, -0.2) is 0 Å². The Kier molecular flexibility index (Phi) is 4.48. The van der Waals surface area contributed by atoms with Crippen molar-refractivity contribution >= 4 is 11.6 Å². The van der Waals surface area contributed by atoms with Crippen molar-refractivity contribution in [3.63, 3.8) is 0 Å². The summed E-state index contributed by atoms with van der Waals surface area (Å²) in [7, 11) is 0. The van der Waals surface area contributed by atoms with Gasteiger partial charge in [0.2, 0.25) is 5.91 Å². The fraction of sp³-hybridized carbons (Fsp3) is 0.235. The molecule has 1 amide bonds. The number of carbonyl (C=O) groups excluding carboxylic acids is 1. The van der Waals surface area contributed by atoms with Gasteiger partial charge in [0.1, 0.15) is 0 Å². The fourth-order valence-corrected chi connectivity index (χ4v) is 2.02. The Morgan fingerprint density at radius 1 is 1.05 bits per heavy atom. The second-order valence-corrected chi connectivity index (χ2v) is 5.32. The van der Waals surface area contributed by atoms with E-state index in [9.17, 15) is 15.0 Å². The Morgan fingerprint density at radius 2 is 1.71 bits per heavy atom. The van der Waals surface area contributed by atoms with Crippen LogP contribution in [0.1, 0.15) is 30.9 Å². The number of rotatable bonds is 4. The van der Waals surface area contributed by atoms with E-state index >= 15 is 0 Å². The molecule has 0 aliphatic carbocycles. The summed E-state index contributed by atoms with van der Waals surface area (Å²) < 4.78 is 0. The first-order valence-electron chi connectivity index (χ1n) is 6.86. The zero-order chi connectivity index (χ0) is 15.4. The Labute approximate surface area is 124 Å². The number of nitrogens with one attached hydrogen (secondary N) is 1. The number of anilines is 1. The number of hydrogen-bond acceptors (Lipinski definition) is 3. The third kappa shape index (κ3) is 3.99. The molecule has 0 aromatic heterocycles. The van der Waals surface area contributed by atoms with E-state index in [-0.39, 0.29) is 23.8 Å². The lowest BCUT2D eigenvalue weighted by Gasteiger charge is -2.09. The predicted molar refractivity (Wildman–Crippen MR) is 82.6 cm³/mol. The summed E-state index contributed by atoms with van der Waals surface area (Å²) in [5.41, 5.74) is 2.60. The molecular weight excluding hydrogens is 266 g/mol. The SMILES string of the molecule is CC(C)c1ccc(NC(=O)Cc2ccc(O)c(O)c2)cc1. The summed E-state index contributed by atoms with van der Waals surface area (Å²) in [5, 5.41) is 21.4. The summed E-state index contributed by atoms with van der Waals surface area (Å²) in [6, 6.07) is 12.1. The van der Waals surface area contributed by atoms with E-state index in [2.05, 4.69) is 19.2 Å². The minimum atomic E-state index is -0.221. The first kappa shape index (κ1) is 14.9. The molecule has 0 atom stereocenters. The van der Waals surface area contributed by atoms with E-state index in [0.717, 1.165) is 5.69 Å². The van der Waals surface area contributed by atoms with Gasteiger partial charge in [-0.15, -0.1) is 0 Å². The van der Waals surface area contributed by atoms with Gasteiger partial charge in [0.05, 0.1) is 6.42 Å². The normalized spacial score (nSPS) is 10.6. The summed E-state index contributed by atoms with van der Waals surface area (Å²) in [5.74, 6) is -0.128. The van der Waals surface area contributed by atoms with Crippen molar-refractivity contribution < 1.29 is 15.0 Å². The van der Waals surface area contributed by atoms with Gasteiger partial charge in [-0.1, -0.05) is 32.0 Å². The van der Waals surface area contributed by atoms with Crippen LogP contribution in [0.3, 0.4) is 0 Å². The number of benzene rings is 2. The number of hydrogen-bond donors (Lipinski definition) is 3. The quantitative estimate of drug-likeness (QED) is 0.754. The molecule has 2 rings (SSSR count). The molecule has 0 fully saturated rings. The van der Waals surface area contributed by atoms with E-state index in [1.54, 1.807) is 6.07 Å². The van der Waals surface area contributed by atoms with E-state index in [4.69, 9.17) is 0 Å². The highest BCUT2D eigenvalue weighted by Crippen LogP contribution is 2.25. The molecule has 0 aliphatic heterocycles. The summed E-state index contributed by atoms with van der Waals surface area (Å²) in [4.78, 5) is 11.9. The molecule has 3 N–H and O–H groups in total. The molecule has 0 saturated carbocycles. The molecule has 110 valence electrons. The molecule has 2 aromatic rings. The lowest BCUT2D eigenvalue weighted by Crippen LogP contribution is -2.14. The third-order valence-corrected chi connectivity index (χ3v) is 3.27. The van der Waals surface area contributed by atoms with Gasteiger partial charge >= 0.3 is 0 Å². The summed E-state index contributed by atoms with van der Waals surface area (Å²) >= 11 is 0. The first-order valence-corrected chi connectivity index (χ1v) is 6.86. The predicted octanol–water partition coefficient (Wildman–Crippen LogP) is 3.40. The zero-order valence-electron chi connectivity index (χ0n) is 12.1. The monoisotopic (exact) mass is 285 g/mol. The Hall–Kier alpha value is -2.49. The molecule has 0 bridgehead atoms. The highest BCUT2D eigenvalue weighted by atomic mass is 16.3. The van der Waals surface area contributed by atoms with Gasteiger partial charge in [-0.3, -0.25) is 4.79 Å². The standard InChI is InChI=1S/C17H19NO3/c1-11(2)13-4-6-14(7-5-13)18-17(21)10-12-3-8-15(19)16(20)9-12/h3-9,11,19-20H,10H2,1-2H3,(H,18,21). The largest absolute Gasteiger partial charge is 0.504 e. The number of phenolic OH excluding ortho intramolecular Hbond substituents is 2. The minimum Gasteiger partial charge on any atom is -0.504 e. The molecule has 4 heteroatoms. The fourth-order valence-electron chi connectivity index (χ4n) is 2.02. The average Bonchev–Trinajstić information content (AvgIpc) is 2.43. The molecule has 0 saturated heterocycles. The first-order chi connectivity index (χ1) is 9.95. The van der Waals surface area contributed by atoms with Crippen LogP contribution in [0.4, 0.5) is 5.69 Å².